The number of nitrogens with zero attached hydrogens (tertiary/aromatic N) is 2. The van der Waals surface area contributed by atoms with E-state index in [4.69, 9.17) is 0 Å². The third-order valence-electron chi connectivity index (χ3n) is 2.99. The minimum atomic E-state index is -0.0580. The fourth-order valence-corrected chi connectivity index (χ4v) is 3.85. The van der Waals surface area contributed by atoms with Crippen molar-refractivity contribution in [1.82, 2.24) is 0 Å². The molecule has 1 heterocycles. The molecule has 0 bridgehead atoms. The molecule has 0 fully saturated rings. The first kappa shape index (κ1) is 13.8. The summed E-state index contributed by atoms with van der Waals surface area (Å²) in [6.45, 7) is 1.58. The van der Waals surface area contributed by atoms with E-state index in [0.29, 0.717) is 4.61 Å². The Morgan fingerprint density at radius 1 is 1.05 bits per heavy atom. The van der Waals surface area contributed by atoms with Crippen LogP contribution in [0.3, 0.4) is 0 Å². The fourth-order valence-electron chi connectivity index (χ4n) is 1.98. The van der Waals surface area contributed by atoms with Crippen LogP contribution in [0.4, 0.5) is 5.69 Å². The van der Waals surface area contributed by atoms with Gasteiger partial charge in [-0.2, -0.15) is 0 Å². The molecule has 1 aliphatic heterocycles. The number of benzene rings is 2. The molecule has 104 valence electrons. The van der Waals surface area contributed by atoms with Crippen LogP contribution < -0.4 is 5.01 Å². The van der Waals surface area contributed by atoms with E-state index in [0.717, 1.165) is 15.8 Å². The molecule has 4 heteroatoms. The van der Waals surface area contributed by atoms with Crippen LogP contribution in [-0.2, 0) is 4.79 Å². The number of ketones is 1. The van der Waals surface area contributed by atoms with Crippen molar-refractivity contribution in [3.63, 3.8) is 0 Å². The van der Waals surface area contributed by atoms with Crippen LogP contribution in [0, 0.1) is 0 Å². The van der Waals surface area contributed by atoms with Gasteiger partial charge in [0.05, 0.1) is 0 Å². The van der Waals surface area contributed by atoms with Crippen molar-refractivity contribution in [2.24, 2.45) is 5.10 Å². The van der Waals surface area contributed by atoms with Crippen LogP contribution in [-0.4, -0.2) is 25.4 Å². The summed E-state index contributed by atoms with van der Waals surface area (Å²) in [6, 6.07) is 20.0. The predicted octanol–water partition coefficient (Wildman–Crippen LogP) is 3.11. The van der Waals surface area contributed by atoms with Gasteiger partial charge in [-0.1, -0.05) is 0 Å². The monoisotopic (exact) mass is 342 g/mol. The van der Waals surface area contributed by atoms with Gasteiger partial charge in [0.1, 0.15) is 0 Å². The van der Waals surface area contributed by atoms with Crippen molar-refractivity contribution < 1.29 is 4.79 Å². The summed E-state index contributed by atoms with van der Waals surface area (Å²) in [5.74, 6) is 0.0485. The van der Waals surface area contributed by atoms with E-state index >= 15 is 0 Å². The van der Waals surface area contributed by atoms with Crippen molar-refractivity contribution in [2.45, 2.75) is 6.92 Å². The number of Topliss-reactive ketones (excluding diaryl/α,β-unsaturated/α-hetero) is 1. The van der Waals surface area contributed by atoms with Crippen LogP contribution in [0.5, 0.6) is 0 Å². The summed E-state index contributed by atoms with van der Waals surface area (Å²) in [5, 5.41) is 6.37. The van der Waals surface area contributed by atoms with Gasteiger partial charge in [0.25, 0.3) is 0 Å². The number of hydrogen-bond acceptors (Lipinski definition) is 3. The number of rotatable bonds is 3. The molecule has 0 saturated carbocycles. The van der Waals surface area contributed by atoms with Crippen molar-refractivity contribution in [1.29, 1.82) is 0 Å². The Morgan fingerprint density at radius 3 is 2.29 bits per heavy atom. The normalized spacial score (nSPS) is 16.1. The number of anilines is 1. The maximum absolute atomic E-state index is 11.7. The molecule has 0 aliphatic carbocycles. The summed E-state index contributed by atoms with van der Waals surface area (Å²) in [7, 11) is 0. The zero-order valence-electron chi connectivity index (χ0n) is 11.6. The van der Waals surface area contributed by atoms with Crippen molar-refractivity contribution in [2.75, 3.05) is 5.01 Å². The van der Waals surface area contributed by atoms with Gasteiger partial charge in [0, 0.05) is 0 Å². The summed E-state index contributed by atoms with van der Waals surface area (Å²) in [4.78, 5) is 11.7. The Bertz CT molecular complexity index is 708. The average Bonchev–Trinajstić information content (AvgIpc) is 2.93. The summed E-state index contributed by atoms with van der Waals surface area (Å²) in [6.07, 6.45) is 2.10. The first-order valence-electron chi connectivity index (χ1n) is 6.63. The number of hydrazone groups is 1. The van der Waals surface area contributed by atoms with E-state index in [2.05, 4.69) is 23.3 Å². The molecule has 2 aromatic carbocycles. The number of para-hydroxylation sites is 1. The molecular weight excluding hydrogens is 327 g/mol. The molecule has 0 radical (unpaired) electrons. The molecule has 2 aromatic rings. The van der Waals surface area contributed by atoms with E-state index in [1.165, 1.54) is 0 Å². The molecule has 0 atom stereocenters. The second-order valence-electron chi connectivity index (χ2n) is 4.60. The molecule has 0 aromatic heterocycles. The molecule has 21 heavy (non-hydrogen) atoms. The predicted molar refractivity (Wildman–Crippen MR) is 87.2 cm³/mol. The first-order chi connectivity index (χ1) is 10.2. The second kappa shape index (κ2) is 6.08. The Kier molecular flexibility index (Phi) is 4.00. The SMILES string of the molecule is CC(=O)C1=NN(c2ccccc2)/C(=C/c2ccccc2)[Se]1. The minimum absolute atomic E-state index is 0.0485. The van der Waals surface area contributed by atoms with Crippen LogP contribution in [0.2, 0.25) is 0 Å². The Hall–Kier alpha value is -2.16. The molecular formula is C17H14N2OSe. The Labute approximate surface area is 130 Å². The van der Waals surface area contributed by atoms with Gasteiger partial charge in [-0.05, 0) is 0 Å². The fraction of sp³-hybridized carbons (Fsp3) is 0.0588. The molecule has 3 rings (SSSR count). The van der Waals surface area contributed by atoms with Gasteiger partial charge in [-0.3, -0.25) is 0 Å². The van der Waals surface area contributed by atoms with Gasteiger partial charge in [0.2, 0.25) is 0 Å². The van der Waals surface area contributed by atoms with Gasteiger partial charge < -0.3 is 0 Å². The van der Waals surface area contributed by atoms with Crippen LogP contribution in [0.15, 0.2) is 70.4 Å². The van der Waals surface area contributed by atoms with Gasteiger partial charge in [-0.15, -0.1) is 0 Å². The van der Waals surface area contributed by atoms with E-state index in [1.807, 2.05) is 53.5 Å². The van der Waals surface area contributed by atoms with Crippen LogP contribution in [0.1, 0.15) is 12.5 Å². The van der Waals surface area contributed by atoms with E-state index < -0.39 is 0 Å². The third-order valence-corrected chi connectivity index (χ3v) is 5.22. The molecule has 0 spiro atoms. The van der Waals surface area contributed by atoms with Crippen molar-refractivity contribution >= 4 is 37.1 Å². The molecule has 0 N–H and O–H groups in total. The Morgan fingerprint density at radius 2 is 1.67 bits per heavy atom. The van der Waals surface area contributed by atoms with Crippen molar-refractivity contribution in [3.05, 3.63) is 70.8 Å². The quantitative estimate of drug-likeness (QED) is 0.804. The summed E-state index contributed by atoms with van der Waals surface area (Å²) >= 11 is -0.0580. The third kappa shape index (κ3) is 3.13. The number of hydrogen-bond donors (Lipinski definition) is 0. The molecule has 1 aliphatic rings. The van der Waals surface area contributed by atoms with Crippen molar-refractivity contribution in [3.8, 4) is 0 Å². The standard InChI is InChI=1S/C17H14N2OSe/c1-13(20)17-18-19(15-10-6-3-7-11-15)16(21-17)12-14-8-4-2-5-9-14/h2-12H,1H3/b16-12-. The van der Waals surface area contributed by atoms with Crippen LogP contribution >= 0.6 is 0 Å². The van der Waals surface area contributed by atoms with E-state index in [9.17, 15) is 4.79 Å². The average molecular weight is 341 g/mol. The second-order valence-corrected chi connectivity index (χ2v) is 6.72. The molecule has 0 unspecified atom stereocenters. The van der Waals surface area contributed by atoms with E-state index in [1.54, 1.807) is 6.92 Å². The van der Waals surface area contributed by atoms with E-state index in [-0.39, 0.29) is 20.7 Å². The summed E-state index contributed by atoms with van der Waals surface area (Å²) in [5.41, 5.74) is 2.10. The maximum atomic E-state index is 11.7. The first-order valence-corrected chi connectivity index (χ1v) is 8.34. The van der Waals surface area contributed by atoms with Gasteiger partial charge in [-0.25, -0.2) is 0 Å². The Balaban J connectivity index is 2.00. The van der Waals surface area contributed by atoms with Crippen LogP contribution in [0.25, 0.3) is 6.08 Å². The topological polar surface area (TPSA) is 32.7 Å². The zero-order valence-corrected chi connectivity index (χ0v) is 13.3. The number of carbonyl (C=O) groups excluding carboxylic acids is 1. The zero-order chi connectivity index (χ0) is 14.7. The van der Waals surface area contributed by atoms with Gasteiger partial charge in [0.15, 0.2) is 0 Å². The summed E-state index contributed by atoms with van der Waals surface area (Å²) < 4.78 is 1.73. The number of carbonyl (C=O) groups is 1. The van der Waals surface area contributed by atoms with Gasteiger partial charge >= 0.3 is 130 Å². The molecule has 3 nitrogen and oxygen atoms in total. The molecule has 0 saturated heterocycles. The molecule has 0 amide bonds.